The topological polar surface area (TPSA) is 134 Å². The molecule has 3 unspecified atom stereocenters. The molecule has 9 nitrogen and oxygen atoms in total. The summed E-state index contributed by atoms with van der Waals surface area (Å²) in [6.07, 6.45) is 0.510. The minimum absolute atomic E-state index is 0.0280. The predicted octanol–water partition coefficient (Wildman–Crippen LogP) is 2.16. The van der Waals surface area contributed by atoms with E-state index in [4.69, 9.17) is 15.9 Å². The molecule has 3 N–H and O–H groups in total. The van der Waals surface area contributed by atoms with Crippen LogP contribution in [0.5, 0.6) is 0 Å². The molecule has 2 amide bonds. The Kier molecular flexibility index (Phi) is 5.91. The quantitative estimate of drug-likeness (QED) is 0.503. The number of rotatable bonds is 6. The molecule has 170 valence electrons. The second kappa shape index (κ2) is 8.51. The van der Waals surface area contributed by atoms with Crippen molar-refractivity contribution in [2.24, 2.45) is 17.6 Å². The summed E-state index contributed by atoms with van der Waals surface area (Å²) in [5, 5.41) is 8.85. The Bertz CT molecular complexity index is 1180. The van der Waals surface area contributed by atoms with Gasteiger partial charge in [0.1, 0.15) is 0 Å². The molecule has 4 rings (SSSR count). The number of hydrogen-bond donors (Lipinski definition) is 2. The summed E-state index contributed by atoms with van der Waals surface area (Å²) in [7, 11) is -2.65. The lowest BCUT2D eigenvalue weighted by Crippen LogP contribution is -2.43. The number of amidine groups is 1. The number of benzene rings is 2. The fourth-order valence-electron chi connectivity index (χ4n) is 4.90. The zero-order chi connectivity index (χ0) is 23.0. The minimum atomic E-state index is -3.85. The summed E-state index contributed by atoms with van der Waals surface area (Å²) < 4.78 is 33.3. The highest BCUT2D eigenvalue weighted by Crippen LogP contribution is 2.42. The van der Waals surface area contributed by atoms with Crippen molar-refractivity contribution in [3.63, 3.8) is 0 Å². The molecule has 2 aliphatic heterocycles. The molecule has 0 saturated carbocycles. The lowest BCUT2D eigenvalue weighted by Gasteiger charge is -2.23. The first-order chi connectivity index (χ1) is 15.3. The first-order valence-corrected chi connectivity index (χ1v) is 11.9. The zero-order valence-electron chi connectivity index (χ0n) is 17.7. The fraction of sp³-hybridized carbons (Fsp3) is 0.409. The summed E-state index contributed by atoms with van der Waals surface area (Å²) in [4.78, 5) is 26.6. The number of carbonyl (C=O) groups is 2. The Morgan fingerprint density at radius 2 is 1.91 bits per heavy atom. The molecule has 2 saturated heterocycles. The molecular formula is C22H26N4O5S. The van der Waals surface area contributed by atoms with Crippen molar-refractivity contribution in [3.8, 4) is 0 Å². The first-order valence-electron chi connectivity index (χ1n) is 10.5. The highest BCUT2D eigenvalue weighted by Gasteiger charge is 2.56. The number of nitrogens with two attached hydrogens (primary N) is 1. The van der Waals surface area contributed by atoms with Gasteiger partial charge in [0, 0.05) is 36.7 Å². The SMILES string of the molecule is COC(=O)N1C(=O)C(CCCC(=N)N)C2CN(S(=O)(=O)c3cccc4ccccc34)CC21. The maximum Gasteiger partial charge on any atom is 0.416 e. The van der Waals surface area contributed by atoms with E-state index in [1.54, 1.807) is 24.3 Å². The third kappa shape index (κ3) is 3.73. The van der Waals surface area contributed by atoms with Crippen LogP contribution in [0.1, 0.15) is 19.3 Å². The van der Waals surface area contributed by atoms with E-state index in [0.29, 0.717) is 24.6 Å². The van der Waals surface area contributed by atoms with E-state index in [9.17, 15) is 18.0 Å². The predicted molar refractivity (Wildman–Crippen MR) is 118 cm³/mol. The Hall–Kier alpha value is -2.98. The highest BCUT2D eigenvalue weighted by atomic mass is 32.2. The molecule has 32 heavy (non-hydrogen) atoms. The normalized spacial score (nSPS) is 23.5. The van der Waals surface area contributed by atoms with Crippen molar-refractivity contribution >= 4 is 38.6 Å². The Labute approximate surface area is 186 Å². The number of hydrogen-bond acceptors (Lipinski definition) is 6. The van der Waals surface area contributed by atoms with Crippen LogP contribution >= 0.6 is 0 Å². The maximum atomic E-state index is 13.6. The number of carbonyl (C=O) groups excluding carboxylic acids is 2. The number of sulfonamides is 1. The number of methoxy groups -OCH3 is 1. The van der Waals surface area contributed by atoms with Crippen LogP contribution in [0.25, 0.3) is 10.8 Å². The molecule has 0 spiro atoms. The Morgan fingerprint density at radius 1 is 1.19 bits per heavy atom. The van der Waals surface area contributed by atoms with Gasteiger partial charge in [-0.25, -0.2) is 18.1 Å². The molecule has 2 aliphatic rings. The van der Waals surface area contributed by atoms with Gasteiger partial charge in [0.05, 0.1) is 23.9 Å². The fourth-order valence-corrected chi connectivity index (χ4v) is 6.61. The maximum absolute atomic E-state index is 13.6. The number of nitrogens with one attached hydrogen (secondary N) is 1. The van der Waals surface area contributed by atoms with Crippen molar-refractivity contribution in [1.29, 1.82) is 5.41 Å². The van der Waals surface area contributed by atoms with Crippen molar-refractivity contribution in [1.82, 2.24) is 9.21 Å². The highest BCUT2D eigenvalue weighted by molar-refractivity contribution is 7.89. The van der Waals surface area contributed by atoms with E-state index in [1.807, 2.05) is 18.2 Å². The van der Waals surface area contributed by atoms with Gasteiger partial charge in [-0.15, -0.1) is 0 Å². The van der Waals surface area contributed by atoms with Crippen LogP contribution in [0.4, 0.5) is 4.79 Å². The number of fused-ring (bicyclic) bond motifs is 2. The van der Waals surface area contributed by atoms with Gasteiger partial charge in [0.15, 0.2) is 0 Å². The zero-order valence-corrected chi connectivity index (χ0v) is 18.5. The van der Waals surface area contributed by atoms with Gasteiger partial charge >= 0.3 is 6.09 Å². The van der Waals surface area contributed by atoms with Crippen LogP contribution < -0.4 is 5.73 Å². The summed E-state index contributed by atoms with van der Waals surface area (Å²) >= 11 is 0. The molecule has 0 bridgehead atoms. The third-order valence-corrected chi connectivity index (χ3v) is 8.29. The lowest BCUT2D eigenvalue weighted by molar-refractivity contribution is -0.130. The summed E-state index contributed by atoms with van der Waals surface area (Å²) in [6.45, 7) is 0.167. The van der Waals surface area contributed by atoms with Gasteiger partial charge < -0.3 is 10.5 Å². The monoisotopic (exact) mass is 458 g/mol. The summed E-state index contributed by atoms with van der Waals surface area (Å²) in [5.41, 5.74) is 5.43. The molecule has 2 heterocycles. The first kappa shape index (κ1) is 22.2. The van der Waals surface area contributed by atoms with Crippen molar-refractivity contribution in [2.45, 2.75) is 30.2 Å². The van der Waals surface area contributed by atoms with Crippen LogP contribution in [0.3, 0.4) is 0 Å². The van der Waals surface area contributed by atoms with Gasteiger partial charge in [-0.2, -0.15) is 4.31 Å². The molecule has 2 aromatic rings. The molecule has 0 radical (unpaired) electrons. The molecule has 0 aliphatic carbocycles. The van der Waals surface area contributed by atoms with E-state index in [2.05, 4.69) is 0 Å². The number of imide groups is 1. The van der Waals surface area contributed by atoms with E-state index in [-0.39, 0.29) is 35.6 Å². The summed E-state index contributed by atoms with van der Waals surface area (Å²) in [6, 6.07) is 11.8. The molecule has 10 heteroatoms. The lowest BCUT2D eigenvalue weighted by atomic mass is 9.88. The Balaban J connectivity index is 1.65. The van der Waals surface area contributed by atoms with E-state index in [1.165, 1.54) is 11.4 Å². The van der Waals surface area contributed by atoms with Gasteiger partial charge in [0.25, 0.3) is 0 Å². The number of amides is 2. The number of likely N-dealkylation sites (tertiary alicyclic amines) is 1. The third-order valence-electron chi connectivity index (χ3n) is 6.40. The van der Waals surface area contributed by atoms with Gasteiger partial charge in [0.2, 0.25) is 15.9 Å². The number of ether oxygens (including phenoxy) is 1. The molecule has 0 aromatic heterocycles. The van der Waals surface area contributed by atoms with Crippen LogP contribution in [-0.4, -0.2) is 61.7 Å². The summed E-state index contributed by atoms with van der Waals surface area (Å²) in [5.74, 6) is -1.18. The van der Waals surface area contributed by atoms with Crippen molar-refractivity contribution < 1.29 is 22.7 Å². The smallest absolute Gasteiger partial charge is 0.416 e. The van der Waals surface area contributed by atoms with Crippen molar-refractivity contribution in [3.05, 3.63) is 42.5 Å². The molecule has 2 aromatic carbocycles. The van der Waals surface area contributed by atoms with Gasteiger partial charge in [-0.05, 0) is 24.3 Å². The molecule has 2 fully saturated rings. The van der Waals surface area contributed by atoms with E-state index >= 15 is 0 Å². The van der Waals surface area contributed by atoms with Crippen LogP contribution in [0, 0.1) is 17.2 Å². The van der Waals surface area contributed by atoms with Crippen LogP contribution in [0.2, 0.25) is 0 Å². The van der Waals surface area contributed by atoms with Crippen LogP contribution in [0.15, 0.2) is 47.4 Å². The molecule has 3 atom stereocenters. The van der Waals surface area contributed by atoms with E-state index in [0.717, 1.165) is 10.3 Å². The largest absolute Gasteiger partial charge is 0.452 e. The average Bonchev–Trinajstić information content (AvgIpc) is 3.30. The van der Waals surface area contributed by atoms with Crippen LogP contribution in [-0.2, 0) is 19.6 Å². The van der Waals surface area contributed by atoms with Crippen molar-refractivity contribution in [2.75, 3.05) is 20.2 Å². The Morgan fingerprint density at radius 3 is 2.62 bits per heavy atom. The van der Waals surface area contributed by atoms with Gasteiger partial charge in [-0.3, -0.25) is 10.2 Å². The number of nitrogens with zero attached hydrogens (tertiary/aromatic N) is 2. The minimum Gasteiger partial charge on any atom is -0.452 e. The second-order valence-corrected chi connectivity index (χ2v) is 10.1. The van der Waals surface area contributed by atoms with Gasteiger partial charge in [-0.1, -0.05) is 36.4 Å². The van der Waals surface area contributed by atoms with E-state index < -0.39 is 28.1 Å². The molecular weight excluding hydrogens is 432 g/mol. The average molecular weight is 459 g/mol. The standard InChI is InChI=1S/C22H26N4O5S/c1-31-22(28)26-18-13-25(12-17(18)16(21(26)27)9-5-11-20(23)24)32(29,30)19-10-4-7-14-6-2-3-8-15(14)19/h2-4,6-8,10,16-18H,5,9,11-13H2,1H3,(H3,23,24). The second-order valence-electron chi connectivity index (χ2n) is 8.23.